The summed E-state index contributed by atoms with van der Waals surface area (Å²) >= 11 is 5.78. The maximum absolute atomic E-state index is 13.5. The molecule has 0 saturated heterocycles. The maximum atomic E-state index is 13.5. The van der Waals surface area contributed by atoms with Gasteiger partial charge in [0.25, 0.3) is 5.56 Å². The van der Waals surface area contributed by atoms with Crippen LogP contribution in [0, 0.1) is 5.82 Å². The zero-order valence-electron chi connectivity index (χ0n) is 16.0. The minimum atomic E-state index is -0.899. The lowest BCUT2D eigenvalue weighted by molar-refractivity contribution is 0.417. The third kappa shape index (κ3) is 3.84. The Labute approximate surface area is 176 Å². The normalized spacial score (nSPS) is 11.0. The second kappa shape index (κ2) is 8.12. The van der Waals surface area contributed by atoms with Crippen LogP contribution in [0.1, 0.15) is 18.4 Å². The Morgan fingerprint density at radius 2 is 1.90 bits per heavy atom. The molecule has 2 heterocycles. The molecule has 0 atom stereocenters. The van der Waals surface area contributed by atoms with Crippen LogP contribution in [0.25, 0.3) is 22.6 Å². The second-order valence-electron chi connectivity index (χ2n) is 6.68. The van der Waals surface area contributed by atoms with Crippen molar-refractivity contribution in [3.05, 3.63) is 87.3 Å². The van der Waals surface area contributed by atoms with Crippen LogP contribution in [0.5, 0.6) is 5.75 Å². The van der Waals surface area contributed by atoms with E-state index in [0.29, 0.717) is 35.0 Å². The summed E-state index contributed by atoms with van der Waals surface area (Å²) in [6.07, 6.45) is 0.558. The number of aromatic hydroxyl groups is 1. The number of hydrogen-bond donors (Lipinski definition) is 1. The molecule has 0 spiro atoms. The van der Waals surface area contributed by atoms with Gasteiger partial charge in [-0.2, -0.15) is 0 Å². The summed E-state index contributed by atoms with van der Waals surface area (Å²) in [5.41, 5.74) is 2.14. The average Bonchev–Trinajstić information content (AvgIpc) is 3.22. The van der Waals surface area contributed by atoms with Crippen LogP contribution >= 0.6 is 11.6 Å². The summed E-state index contributed by atoms with van der Waals surface area (Å²) in [5.74, 6) is -0.569. The lowest BCUT2D eigenvalue weighted by Crippen LogP contribution is -2.25. The minimum Gasteiger partial charge on any atom is -0.505 e. The Kier molecular flexibility index (Phi) is 5.37. The Bertz CT molecular complexity index is 1250. The first-order chi connectivity index (χ1) is 14.5. The van der Waals surface area contributed by atoms with E-state index in [1.807, 2.05) is 37.3 Å². The zero-order chi connectivity index (χ0) is 21.3. The Morgan fingerprint density at radius 1 is 1.13 bits per heavy atom. The monoisotopic (exact) mass is 425 g/mol. The number of halogens is 2. The van der Waals surface area contributed by atoms with Crippen LogP contribution in [0.2, 0.25) is 5.02 Å². The average molecular weight is 426 g/mol. The highest BCUT2D eigenvalue weighted by atomic mass is 35.5. The summed E-state index contributed by atoms with van der Waals surface area (Å²) < 4.78 is 20.4. The lowest BCUT2D eigenvalue weighted by Gasteiger charge is -2.11. The van der Waals surface area contributed by atoms with Crippen LogP contribution in [-0.2, 0) is 13.0 Å². The van der Waals surface area contributed by atoms with Gasteiger partial charge >= 0.3 is 0 Å². The fourth-order valence-electron chi connectivity index (χ4n) is 3.15. The standard InChI is InChI=1S/C22H17ClFN3O3/c1-2-20-25-17(13-6-4-3-5-7-13)11-21(29)27(20)12-15-10-19(30-26-15)14-8-16(23)22(24)18(28)9-14/h3-11,28H,2,12H2,1H3. The highest BCUT2D eigenvalue weighted by Crippen LogP contribution is 2.31. The molecule has 0 aliphatic rings. The third-order valence-electron chi connectivity index (χ3n) is 4.65. The lowest BCUT2D eigenvalue weighted by atomic mass is 10.1. The molecule has 2 aromatic carbocycles. The van der Waals surface area contributed by atoms with E-state index >= 15 is 0 Å². The summed E-state index contributed by atoms with van der Waals surface area (Å²) in [7, 11) is 0. The molecule has 30 heavy (non-hydrogen) atoms. The number of benzene rings is 2. The number of phenolic OH excluding ortho intramolecular Hbond substituents is 1. The predicted molar refractivity (Wildman–Crippen MR) is 111 cm³/mol. The SMILES string of the molecule is CCc1nc(-c2ccccc2)cc(=O)n1Cc1cc(-c2cc(O)c(F)c(Cl)c2)on1. The number of hydrogen-bond acceptors (Lipinski definition) is 5. The molecule has 2 aromatic heterocycles. The van der Waals surface area contributed by atoms with Crippen molar-refractivity contribution >= 4 is 11.6 Å². The minimum absolute atomic E-state index is 0.161. The molecule has 0 amide bonds. The first kappa shape index (κ1) is 19.8. The fraction of sp³-hybridized carbons (Fsp3) is 0.136. The molecule has 0 aliphatic carbocycles. The summed E-state index contributed by atoms with van der Waals surface area (Å²) in [6, 6.07) is 15.1. The van der Waals surface area contributed by atoms with Gasteiger partial charge in [0.2, 0.25) is 0 Å². The molecule has 0 fully saturated rings. The van der Waals surface area contributed by atoms with E-state index in [1.165, 1.54) is 22.8 Å². The molecule has 0 aliphatic heterocycles. The molecular weight excluding hydrogens is 409 g/mol. The Balaban J connectivity index is 1.66. The van der Waals surface area contributed by atoms with Crippen molar-refractivity contribution in [3.63, 3.8) is 0 Å². The van der Waals surface area contributed by atoms with E-state index in [2.05, 4.69) is 10.1 Å². The van der Waals surface area contributed by atoms with Gasteiger partial charge in [-0.3, -0.25) is 9.36 Å². The van der Waals surface area contributed by atoms with Gasteiger partial charge in [-0.15, -0.1) is 0 Å². The van der Waals surface area contributed by atoms with E-state index in [4.69, 9.17) is 16.1 Å². The number of aryl methyl sites for hydroxylation is 1. The highest BCUT2D eigenvalue weighted by molar-refractivity contribution is 6.31. The van der Waals surface area contributed by atoms with Crippen LogP contribution in [0.3, 0.4) is 0 Å². The van der Waals surface area contributed by atoms with Gasteiger partial charge in [-0.25, -0.2) is 9.37 Å². The molecule has 0 bridgehead atoms. The molecule has 4 aromatic rings. The van der Waals surface area contributed by atoms with Crippen molar-refractivity contribution in [1.29, 1.82) is 0 Å². The van der Waals surface area contributed by atoms with Crippen molar-refractivity contribution in [3.8, 4) is 28.3 Å². The quantitative estimate of drug-likeness (QED) is 0.502. The Morgan fingerprint density at radius 3 is 2.60 bits per heavy atom. The van der Waals surface area contributed by atoms with Crippen molar-refractivity contribution in [2.24, 2.45) is 0 Å². The van der Waals surface area contributed by atoms with Crippen LogP contribution in [-0.4, -0.2) is 19.8 Å². The van der Waals surface area contributed by atoms with E-state index in [-0.39, 0.29) is 17.1 Å². The predicted octanol–water partition coefficient (Wildman–Crippen LogP) is 4.67. The summed E-state index contributed by atoms with van der Waals surface area (Å²) in [6.45, 7) is 2.08. The zero-order valence-corrected chi connectivity index (χ0v) is 16.7. The first-order valence-corrected chi connectivity index (χ1v) is 9.64. The van der Waals surface area contributed by atoms with Gasteiger partial charge in [0.1, 0.15) is 11.5 Å². The number of rotatable bonds is 5. The van der Waals surface area contributed by atoms with Gasteiger partial charge in [0.15, 0.2) is 17.3 Å². The molecule has 8 heteroatoms. The van der Waals surface area contributed by atoms with Gasteiger partial charge in [0.05, 0.1) is 17.3 Å². The largest absolute Gasteiger partial charge is 0.505 e. The van der Waals surface area contributed by atoms with E-state index < -0.39 is 11.6 Å². The molecular formula is C22H17ClFN3O3. The molecule has 1 N–H and O–H groups in total. The summed E-state index contributed by atoms with van der Waals surface area (Å²) in [4.78, 5) is 17.4. The second-order valence-corrected chi connectivity index (χ2v) is 7.08. The summed E-state index contributed by atoms with van der Waals surface area (Å²) in [5, 5.41) is 13.4. The fourth-order valence-corrected chi connectivity index (χ4v) is 3.37. The molecule has 0 unspecified atom stereocenters. The van der Waals surface area contributed by atoms with Crippen molar-refractivity contribution < 1.29 is 14.0 Å². The van der Waals surface area contributed by atoms with Crippen LogP contribution in [0.4, 0.5) is 4.39 Å². The number of phenols is 1. The smallest absolute Gasteiger partial charge is 0.254 e. The van der Waals surface area contributed by atoms with Crippen LogP contribution in [0.15, 0.2) is 63.9 Å². The van der Waals surface area contributed by atoms with E-state index in [9.17, 15) is 14.3 Å². The van der Waals surface area contributed by atoms with E-state index in [1.54, 1.807) is 6.07 Å². The number of nitrogens with zero attached hydrogens (tertiary/aromatic N) is 3. The van der Waals surface area contributed by atoms with Gasteiger partial charge in [-0.1, -0.05) is 54.0 Å². The number of aromatic nitrogens is 3. The topological polar surface area (TPSA) is 81.2 Å². The molecule has 0 radical (unpaired) electrons. The van der Waals surface area contributed by atoms with Crippen molar-refractivity contribution in [2.45, 2.75) is 19.9 Å². The molecule has 6 nitrogen and oxygen atoms in total. The Hall–Kier alpha value is -3.45. The molecule has 0 saturated carbocycles. The van der Waals surface area contributed by atoms with Crippen molar-refractivity contribution in [2.75, 3.05) is 0 Å². The highest BCUT2D eigenvalue weighted by Gasteiger charge is 2.15. The van der Waals surface area contributed by atoms with E-state index in [0.717, 1.165) is 5.56 Å². The van der Waals surface area contributed by atoms with Gasteiger partial charge in [-0.05, 0) is 12.1 Å². The first-order valence-electron chi connectivity index (χ1n) is 9.26. The third-order valence-corrected chi connectivity index (χ3v) is 4.92. The molecule has 4 rings (SSSR count). The van der Waals surface area contributed by atoms with Gasteiger partial charge < -0.3 is 9.63 Å². The van der Waals surface area contributed by atoms with Crippen LogP contribution < -0.4 is 5.56 Å². The van der Waals surface area contributed by atoms with Gasteiger partial charge in [0, 0.05) is 29.7 Å². The molecule has 152 valence electrons. The maximum Gasteiger partial charge on any atom is 0.254 e. The van der Waals surface area contributed by atoms with Crippen molar-refractivity contribution in [1.82, 2.24) is 14.7 Å².